The van der Waals surface area contributed by atoms with Crippen LogP contribution in [0.15, 0.2) is 36.5 Å². The van der Waals surface area contributed by atoms with Crippen LogP contribution in [0.4, 0.5) is 0 Å². The molecule has 0 amide bonds. The summed E-state index contributed by atoms with van der Waals surface area (Å²) in [5.41, 5.74) is 2.52. The van der Waals surface area contributed by atoms with Crippen molar-refractivity contribution in [3.8, 4) is 0 Å². The predicted molar refractivity (Wildman–Crippen MR) is 43.4 cm³/mol. The zero-order valence-corrected chi connectivity index (χ0v) is 6.28. The Kier molecular flexibility index (Phi) is 3.78. The summed E-state index contributed by atoms with van der Waals surface area (Å²) in [5, 5.41) is 0. The summed E-state index contributed by atoms with van der Waals surface area (Å²) in [7, 11) is 0. The first-order valence-electron chi connectivity index (χ1n) is 3.09. The molecule has 0 radical (unpaired) electrons. The van der Waals surface area contributed by atoms with E-state index >= 15 is 0 Å². The van der Waals surface area contributed by atoms with Crippen molar-refractivity contribution in [2.24, 2.45) is 0 Å². The topological polar surface area (TPSA) is 0 Å². The molecule has 0 fully saturated rings. The Hall–Kier alpha value is -0.780. The Bertz CT molecular complexity index is 138. The quantitative estimate of drug-likeness (QED) is 0.398. The fourth-order valence-corrected chi connectivity index (χ4v) is 0.736. The van der Waals surface area contributed by atoms with Gasteiger partial charge in [-0.25, -0.2) is 0 Å². The van der Waals surface area contributed by atoms with Crippen LogP contribution in [-0.2, 0) is 0 Å². The van der Waals surface area contributed by atoms with Crippen molar-refractivity contribution in [1.82, 2.24) is 0 Å². The SMILES string of the molecule is C=C/C=C(/C)CC(=C)C. The maximum atomic E-state index is 3.80. The van der Waals surface area contributed by atoms with E-state index in [4.69, 9.17) is 0 Å². The van der Waals surface area contributed by atoms with Crippen molar-refractivity contribution >= 4 is 0 Å². The minimum atomic E-state index is 0.992. The Morgan fingerprint density at radius 2 is 2.00 bits per heavy atom. The molecule has 0 aliphatic carbocycles. The van der Waals surface area contributed by atoms with Crippen molar-refractivity contribution in [3.63, 3.8) is 0 Å². The zero-order chi connectivity index (χ0) is 7.28. The second-order valence-corrected chi connectivity index (χ2v) is 2.38. The summed E-state index contributed by atoms with van der Waals surface area (Å²) < 4.78 is 0. The molecule has 50 valence electrons. The maximum absolute atomic E-state index is 3.80. The standard InChI is InChI=1S/C9H14/c1-5-6-9(4)7-8(2)3/h5-6H,1-2,7H2,3-4H3/b9-6-. The van der Waals surface area contributed by atoms with Gasteiger partial charge in [-0.15, -0.1) is 0 Å². The number of hydrogen-bond acceptors (Lipinski definition) is 0. The summed E-state index contributed by atoms with van der Waals surface area (Å²) in [5.74, 6) is 0. The average molecular weight is 122 g/mol. The highest BCUT2D eigenvalue weighted by Crippen LogP contribution is 2.06. The summed E-state index contributed by atoms with van der Waals surface area (Å²) >= 11 is 0. The molecule has 0 spiro atoms. The zero-order valence-electron chi connectivity index (χ0n) is 6.28. The highest BCUT2D eigenvalue weighted by molar-refractivity contribution is 5.13. The first-order chi connectivity index (χ1) is 4.16. The molecule has 0 nitrogen and oxygen atoms in total. The van der Waals surface area contributed by atoms with E-state index in [1.165, 1.54) is 11.1 Å². The van der Waals surface area contributed by atoms with Gasteiger partial charge < -0.3 is 0 Å². The van der Waals surface area contributed by atoms with Gasteiger partial charge in [-0.05, 0) is 20.3 Å². The van der Waals surface area contributed by atoms with Gasteiger partial charge in [0.15, 0.2) is 0 Å². The molecule has 0 bridgehead atoms. The van der Waals surface area contributed by atoms with Gasteiger partial charge in [0.25, 0.3) is 0 Å². The van der Waals surface area contributed by atoms with E-state index in [2.05, 4.69) is 20.1 Å². The van der Waals surface area contributed by atoms with Gasteiger partial charge in [0.1, 0.15) is 0 Å². The average Bonchev–Trinajstić information content (AvgIpc) is 1.63. The number of allylic oxidation sites excluding steroid dienone is 4. The lowest BCUT2D eigenvalue weighted by molar-refractivity contribution is 1.12. The molecule has 0 aliphatic heterocycles. The van der Waals surface area contributed by atoms with Crippen LogP contribution < -0.4 is 0 Å². The summed E-state index contributed by atoms with van der Waals surface area (Å²) in [6.45, 7) is 11.5. The lowest BCUT2D eigenvalue weighted by atomic mass is 10.1. The van der Waals surface area contributed by atoms with Gasteiger partial charge in [-0.3, -0.25) is 0 Å². The Labute approximate surface area is 57.6 Å². The molecular formula is C9H14. The molecule has 0 aromatic carbocycles. The van der Waals surface area contributed by atoms with Gasteiger partial charge in [0.2, 0.25) is 0 Å². The van der Waals surface area contributed by atoms with E-state index in [1.807, 2.05) is 13.0 Å². The Morgan fingerprint density at radius 1 is 1.44 bits per heavy atom. The third-order valence-electron chi connectivity index (χ3n) is 0.983. The largest absolute Gasteiger partial charge is 0.0998 e. The van der Waals surface area contributed by atoms with E-state index in [-0.39, 0.29) is 0 Å². The maximum Gasteiger partial charge on any atom is -0.0114 e. The van der Waals surface area contributed by atoms with Crippen molar-refractivity contribution in [2.75, 3.05) is 0 Å². The number of hydrogen-bond donors (Lipinski definition) is 0. The lowest BCUT2D eigenvalue weighted by Gasteiger charge is -1.96. The molecule has 0 saturated carbocycles. The van der Waals surface area contributed by atoms with Crippen LogP contribution >= 0.6 is 0 Å². The molecular weight excluding hydrogens is 108 g/mol. The first-order valence-corrected chi connectivity index (χ1v) is 3.09. The molecule has 0 aliphatic rings. The third kappa shape index (κ3) is 5.09. The van der Waals surface area contributed by atoms with E-state index in [0.717, 1.165) is 6.42 Å². The van der Waals surface area contributed by atoms with Crippen molar-refractivity contribution in [2.45, 2.75) is 20.3 Å². The van der Waals surface area contributed by atoms with E-state index in [9.17, 15) is 0 Å². The molecule has 0 N–H and O–H groups in total. The Morgan fingerprint density at radius 3 is 2.33 bits per heavy atom. The first kappa shape index (κ1) is 8.22. The van der Waals surface area contributed by atoms with Crippen molar-refractivity contribution in [3.05, 3.63) is 36.5 Å². The van der Waals surface area contributed by atoms with Gasteiger partial charge in [-0.2, -0.15) is 0 Å². The van der Waals surface area contributed by atoms with Crippen LogP contribution in [0.2, 0.25) is 0 Å². The highest BCUT2D eigenvalue weighted by atomic mass is 13.9. The highest BCUT2D eigenvalue weighted by Gasteiger charge is 1.86. The Balaban J connectivity index is 3.75. The van der Waals surface area contributed by atoms with Crippen LogP contribution in [0.25, 0.3) is 0 Å². The predicted octanol–water partition coefficient (Wildman–Crippen LogP) is 3.08. The monoisotopic (exact) mass is 122 g/mol. The summed E-state index contributed by atoms with van der Waals surface area (Å²) in [6, 6.07) is 0. The van der Waals surface area contributed by atoms with Gasteiger partial charge in [0, 0.05) is 0 Å². The normalized spacial score (nSPS) is 11.1. The number of rotatable bonds is 3. The van der Waals surface area contributed by atoms with Gasteiger partial charge >= 0.3 is 0 Å². The second kappa shape index (κ2) is 4.13. The molecule has 0 saturated heterocycles. The van der Waals surface area contributed by atoms with E-state index in [0.29, 0.717) is 0 Å². The van der Waals surface area contributed by atoms with E-state index < -0.39 is 0 Å². The fourth-order valence-electron chi connectivity index (χ4n) is 0.736. The van der Waals surface area contributed by atoms with Crippen LogP contribution in [0.5, 0.6) is 0 Å². The lowest BCUT2D eigenvalue weighted by Crippen LogP contribution is -1.75. The molecule has 0 atom stereocenters. The van der Waals surface area contributed by atoms with Gasteiger partial charge in [0.05, 0.1) is 0 Å². The molecule has 0 heteroatoms. The molecule has 0 aromatic rings. The molecule has 9 heavy (non-hydrogen) atoms. The van der Waals surface area contributed by atoms with Crippen molar-refractivity contribution < 1.29 is 0 Å². The van der Waals surface area contributed by atoms with Crippen molar-refractivity contribution in [1.29, 1.82) is 0 Å². The minimum absolute atomic E-state index is 0.992. The summed E-state index contributed by atoms with van der Waals surface area (Å²) in [4.78, 5) is 0. The fraction of sp³-hybridized carbons (Fsp3) is 0.333. The third-order valence-corrected chi connectivity index (χ3v) is 0.983. The van der Waals surface area contributed by atoms with Gasteiger partial charge in [-0.1, -0.05) is 36.5 Å². The van der Waals surface area contributed by atoms with Crippen LogP contribution in [0.3, 0.4) is 0 Å². The van der Waals surface area contributed by atoms with Crippen LogP contribution in [-0.4, -0.2) is 0 Å². The molecule has 0 unspecified atom stereocenters. The van der Waals surface area contributed by atoms with E-state index in [1.54, 1.807) is 6.08 Å². The van der Waals surface area contributed by atoms with Crippen LogP contribution in [0, 0.1) is 0 Å². The van der Waals surface area contributed by atoms with Crippen LogP contribution in [0.1, 0.15) is 20.3 Å². The smallest absolute Gasteiger partial charge is 0.0114 e. The summed E-state index contributed by atoms with van der Waals surface area (Å²) in [6.07, 6.45) is 4.80. The molecule has 0 aromatic heterocycles. The molecule has 0 heterocycles. The minimum Gasteiger partial charge on any atom is -0.0998 e. The second-order valence-electron chi connectivity index (χ2n) is 2.38. The molecule has 0 rings (SSSR count).